The van der Waals surface area contributed by atoms with Crippen molar-refractivity contribution in [2.24, 2.45) is 17.8 Å². The maximum absolute atomic E-state index is 12.9. The molecule has 0 aromatic heterocycles. The Morgan fingerprint density at radius 2 is 1.76 bits per heavy atom. The van der Waals surface area contributed by atoms with Crippen LogP contribution >= 0.6 is 0 Å². The number of amides is 2. The van der Waals surface area contributed by atoms with E-state index in [-0.39, 0.29) is 17.7 Å². The summed E-state index contributed by atoms with van der Waals surface area (Å²) in [5, 5.41) is 0. The van der Waals surface area contributed by atoms with Gasteiger partial charge in [0.25, 0.3) is 0 Å². The van der Waals surface area contributed by atoms with Crippen LogP contribution in [0.3, 0.4) is 0 Å². The van der Waals surface area contributed by atoms with Gasteiger partial charge in [0.1, 0.15) is 5.75 Å². The van der Waals surface area contributed by atoms with E-state index < -0.39 is 0 Å². The average Bonchev–Trinajstić information content (AvgIpc) is 2.96. The van der Waals surface area contributed by atoms with Crippen LogP contribution in [0.2, 0.25) is 0 Å². The molecule has 5 heteroatoms. The lowest BCUT2D eigenvalue weighted by Gasteiger charge is -2.36. The first-order valence-corrected chi connectivity index (χ1v) is 9.30. The van der Waals surface area contributed by atoms with E-state index in [2.05, 4.69) is 13.8 Å². The highest BCUT2D eigenvalue weighted by Gasteiger charge is 2.38. The summed E-state index contributed by atoms with van der Waals surface area (Å²) in [5.41, 5.74) is 0.837. The zero-order valence-corrected chi connectivity index (χ0v) is 15.4. The van der Waals surface area contributed by atoms with Crippen LogP contribution in [0.15, 0.2) is 24.3 Å². The van der Waals surface area contributed by atoms with E-state index >= 15 is 0 Å². The van der Waals surface area contributed by atoms with Gasteiger partial charge in [-0.15, -0.1) is 0 Å². The van der Waals surface area contributed by atoms with Crippen LogP contribution in [0.25, 0.3) is 0 Å². The molecule has 0 spiro atoms. The molecule has 2 fully saturated rings. The van der Waals surface area contributed by atoms with Gasteiger partial charge in [0.15, 0.2) is 0 Å². The smallest absolute Gasteiger partial charge is 0.228 e. The molecule has 2 aliphatic heterocycles. The molecule has 0 saturated carbocycles. The number of likely N-dealkylation sites (tertiary alicyclic amines) is 1. The molecule has 1 aromatic rings. The predicted molar refractivity (Wildman–Crippen MR) is 97.6 cm³/mol. The highest BCUT2D eigenvalue weighted by Crippen LogP contribution is 2.29. The Morgan fingerprint density at radius 1 is 1.12 bits per heavy atom. The fraction of sp³-hybridized carbons (Fsp3) is 0.600. The number of carbonyl (C=O) groups excluding carboxylic acids is 2. The molecule has 136 valence electrons. The van der Waals surface area contributed by atoms with E-state index in [4.69, 9.17) is 4.74 Å². The largest absolute Gasteiger partial charge is 0.494 e. The highest BCUT2D eigenvalue weighted by atomic mass is 16.5. The van der Waals surface area contributed by atoms with Crippen molar-refractivity contribution in [3.8, 4) is 5.75 Å². The summed E-state index contributed by atoms with van der Waals surface area (Å²) in [6.45, 7) is 9.06. The number of anilines is 1. The number of hydrogen-bond acceptors (Lipinski definition) is 3. The second kappa shape index (κ2) is 7.46. The van der Waals surface area contributed by atoms with Crippen molar-refractivity contribution >= 4 is 17.5 Å². The van der Waals surface area contributed by atoms with Gasteiger partial charge in [0, 0.05) is 31.7 Å². The molecule has 5 nitrogen and oxygen atoms in total. The lowest BCUT2D eigenvalue weighted by atomic mass is 9.91. The predicted octanol–water partition coefficient (Wildman–Crippen LogP) is 2.94. The van der Waals surface area contributed by atoms with E-state index in [0.717, 1.165) is 24.5 Å². The quantitative estimate of drug-likeness (QED) is 0.844. The van der Waals surface area contributed by atoms with Crippen molar-refractivity contribution in [3.63, 3.8) is 0 Å². The fourth-order valence-electron chi connectivity index (χ4n) is 4.11. The lowest BCUT2D eigenvalue weighted by Crippen LogP contribution is -2.45. The van der Waals surface area contributed by atoms with Crippen LogP contribution in [0.5, 0.6) is 5.75 Å². The maximum atomic E-state index is 12.9. The van der Waals surface area contributed by atoms with Gasteiger partial charge in [0.05, 0.1) is 12.5 Å². The van der Waals surface area contributed by atoms with Crippen LogP contribution in [0.4, 0.5) is 5.69 Å². The first kappa shape index (κ1) is 17.8. The van der Waals surface area contributed by atoms with E-state index in [1.165, 1.54) is 6.42 Å². The highest BCUT2D eigenvalue weighted by molar-refractivity contribution is 6.00. The second-order valence-electron chi connectivity index (χ2n) is 7.52. The Bertz CT molecular complexity index is 618. The summed E-state index contributed by atoms with van der Waals surface area (Å²) in [6.07, 6.45) is 1.48. The Balaban J connectivity index is 1.66. The van der Waals surface area contributed by atoms with Crippen molar-refractivity contribution in [1.82, 2.24) is 4.90 Å². The number of rotatable bonds is 4. The fourth-order valence-corrected chi connectivity index (χ4v) is 4.11. The van der Waals surface area contributed by atoms with Crippen molar-refractivity contribution < 1.29 is 14.3 Å². The summed E-state index contributed by atoms with van der Waals surface area (Å²) >= 11 is 0. The lowest BCUT2D eigenvalue weighted by molar-refractivity contribution is -0.138. The Morgan fingerprint density at radius 3 is 2.36 bits per heavy atom. The minimum absolute atomic E-state index is 0.0283. The van der Waals surface area contributed by atoms with Crippen molar-refractivity contribution in [2.75, 3.05) is 31.1 Å². The van der Waals surface area contributed by atoms with Gasteiger partial charge in [-0.1, -0.05) is 13.8 Å². The van der Waals surface area contributed by atoms with Crippen molar-refractivity contribution in [3.05, 3.63) is 24.3 Å². The number of nitrogens with zero attached hydrogens (tertiary/aromatic N) is 2. The maximum Gasteiger partial charge on any atom is 0.228 e. The first-order chi connectivity index (χ1) is 12.0. The molecule has 2 aliphatic rings. The molecule has 2 saturated heterocycles. The molecular weight excluding hydrogens is 316 g/mol. The van der Waals surface area contributed by atoms with Crippen LogP contribution in [0.1, 0.15) is 33.6 Å². The minimum Gasteiger partial charge on any atom is -0.494 e. The molecule has 0 N–H and O–H groups in total. The number of hydrogen-bond donors (Lipinski definition) is 0. The molecule has 2 amide bonds. The van der Waals surface area contributed by atoms with Crippen LogP contribution in [-0.4, -0.2) is 43.0 Å². The van der Waals surface area contributed by atoms with Gasteiger partial charge in [0.2, 0.25) is 11.8 Å². The van der Waals surface area contributed by atoms with Crippen LogP contribution in [0, 0.1) is 17.8 Å². The average molecular weight is 344 g/mol. The van der Waals surface area contributed by atoms with Gasteiger partial charge in [-0.05, 0) is 49.4 Å². The second-order valence-corrected chi connectivity index (χ2v) is 7.52. The Labute approximate surface area is 149 Å². The topological polar surface area (TPSA) is 49.9 Å². The third kappa shape index (κ3) is 3.97. The number of benzene rings is 1. The van der Waals surface area contributed by atoms with Crippen LogP contribution in [-0.2, 0) is 9.59 Å². The van der Waals surface area contributed by atoms with Gasteiger partial charge in [-0.2, -0.15) is 0 Å². The zero-order chi connectivity index (χ0) is 18.0. The van der Waals surface area contributed by atoms with E-state index in [1.807, 2.05) is 36.1 Å². The van der Waals surface area contributed by atoms with E-state index in [1.54, 1.807) is 4.90 Å². The molecule has 25 heavy (non-hydrogen) atoms. The van der Waals surface area contributed by atoms with E-state index in [0.29, 0.717) is 31.4 Å². The van der Waals surface area contributed by atoms with Gasteiger partial charge in [-0.3, -0.25) is 9.59 Å². The van der Waals surface area contributed by atoms with Gasteiger partial charge in [-0.25, -0.2) is 0 Å². The molecule has 0 unspecified atom stereocenters. The first-order valence-electron chi connectivity index (χ1n) is 9.30. The normalized spacial score (nSPS) is 26.8. The van der Waals surface area contributed by atoms with E-state index in [9.17, 15) is 9.59 Å². The summed E-state index contributed by atoms with van der Waals surface area (Å²) in [7, 11) is 0. The van der Waals surface area contributed by atoms with Crippen molar-refractivity contribution in [2.45, 2.75) is 33.6 Å². The Hall–Kier alpha value is -2.04. The third-order valence-corrected chi connectivity index (χ3v) is 5.11. The summed E-state index contributed by atoms with van der Waals surface area (Å²) in [4.78, 5) is 29.0. The number of carbonyl (C=O) groups is 2. The minimum atomic E-state index is -0.225. The van der Waals surface area contributed by atoms with Gasteiger partial charge < -0.3 is 14.5 Å². The molecule has 0 aliphatic carbocycles. The molecule has 3 rings (SSSR count). The van der Waals surface area contributed by atoms with Gasteiger partial charge >= 0.3 is 0 Å². The van der Waals surface area contributed by atoms with Crippen molar-refractivity contribution in [1.29, 1.82) is 0 Å². The molecular formula is C20H28N2O3. The standard InChI is InChI=1S/C20H28N2O3/c1-4-25-18-7-5-17(6-8-18)22-13-16(10-19(22)23)20(24)21-11-14(2)9-15(3)12-21/h5-8,14-16H,4,9-13H2,1-3H3/t14-,15+,16-/m1/s1. The summed E-state index contributed by atoms with van der Waals surface area (Å²) < 4.78 is 5.44. The SMILES string of the molecule is CCOc1ccc(N2C[C@H](C(=O)N3C[C@H](C)C[C@H](C)C3)CC2=O)cc1. The van der Waals surface area contributed by atoms with Crippen LogP contribution < -0.4 is 9.64 Å². The monoisotopic (exact) mass is 344 g/mol. The number of ether oxygens (including phenoxy) is 1. The number of piperidine rings is 1. The molecule has 1 aromatic carbocycles. The molecule has 3 atom stereocenters. The summed E-state index contributed by atoms with van der Waals surface area (Å²) in [5.74, 6) is 1.80. The molecule has 0 bridgehead atoms. The summed E-state index contributed by atoms with van der Waals surface area (Å²) in [6, 6.07) is 7.52. The zero-order valence-electron chi connectivity index (χ0n) is 15.4. The molecule has 0 radical (unpaired) electrons. The Kier molecular flexibility index (Phi) is 5.30. The third-order valence-electron chi connectivity index (χ3n) is 5.11. The molecule has 2 heterocycles.